The number of nitrogens with zero attached hydrogens (tertiary/aromatic N) is 2. The lowest BCUT2D eigenvalue weighted by Crippen LogP contribution is -2.04. The topological polar surface area (TPSA) is 60.1 Å². The molecule has 0 aliphatic carbocycles. The van der Waals surface area contributed by atoms with Gasteiger partial charge in [-0.25, -0.2) is 0 Å². The van der Waals surface area contributed by atoms with Crippen molar-refractivity contribution in [1.29, 1.82) is 0 Å². The van der Waals surface area contributed by atoms with Crippen molar-refractivity contribution in [2.45, 2.75) is 5.92 Å². The lowest BCUT2D eigenvalue weighted by molar-refractivity contribution is -0.384. The van der Waals surface area contributed by atoms with Gasteiger partial charge in [0.05, 0.1) is 4.92 Å². The van der Waals surface area contributed by atoms with Crippen LogP contribution in [0.4, 0.5) is 11.4 Å². The van der Waals surface area contributed by atoms with Gasteiger partial charge in [0.25, 0.3) is 5.69 Å². The van der Waals surface area contributed by atoms with Crippen LogP contribution in [0.25, 0.3) is 10.9 Å². The second-order valence-electron chi connectivity index (χ2n) is 6.87. The van der Waals surface area contributed by atoms with Crippen LogP contribution in [0, 0.1) is 10.1 Å². The Hall–Kier alpha value is -3.60. The molecule has 0 amide bonds. The normalized spacial score (nSPS) is 12.1. The molecule has 0 bridgehead atoms. The van der Waals surface area contributed by atoms with Gasteiger partial charge in [-0.15, -0.1) is 0 Å². The van der Waals surface area contributed by atoms with E-state index >= 15 is 0 Å². The first kappa shape index (κ1) is 17.8. The van der Waals surface area contributed by atoms with Gasteiger partial charge in [0.2, 0.25) is 0 Å². The SMILES string of the molecule is CNc1ccc(C(c2ccc([N+](=O)[O-])cc2)c2cn(C)c3ccccc23)cc1. The van der Waals surface area contributed by atoms with Crippen molar-refractivity contribution in [2.24, 2.45) is 7.05 Å². The monoisotopic (exact) mass is 371 g/mol. The van der Waals surface area contributed by atoms with Crippen LogP contribution in [-0.2, 0) is 7.05 Å². The molecule has 28 heavy (non-hydrogen) atoms. The highest BCUT2D eigenvalue weighted by atomic mass is 16.6. The highest BCUT2D eigenvalue weighted by Gasteiger charge is 2.22. The van der Waals surface area contributed by atoms with E-state index in [1.54, 1.807) is 12.1 Å². The van der Waals surface area contributed by atoms with Gasteiger partial charge < -0.3 is 9.88 Å². The maximum absolute atomic E-state index is 11.1. The molecule has 0 saturated carbocycles. The fraction of sp³-hybridized carbons (Fsp3) is 0.130. The number of aromatic nitrogens is 1. The highest BCUT2D eigenvalue weighted by Crippen LogP contribution is 2.37. The van der Waals surface area contributed by atoms with Crippen molar-refractivity contribution >= 4 is 22.3 Å². The Morgan fingerprint density at radius 1 is 0.929 bits per heavy atom. The van der Waals surface area contributed by atoms with Gasteiger partial charge in [0, 0.05) is 54.9 Å². The number of aryl methyl sites for hydroxylation is 1. The predicted octanol–water partition coefficient (Wildman–Crippen LogP) is 5.31. The zero-order valence-electron chi connectivity index (χ0n) is 15.8. The molecule has 0 radical (unpaired) electrons. The molecule has 1 unspecified atom stereocenters. The van der Waals surface area contributed by atoms with Crippen molar-refractivity contribution < 1.29 is 4.92 Å². The Morgan fingerprint density at radius 2 is 1.54 bits per heavy atom. The molecule has 1 heterocycles. The van der Waals surface area contributed by atoms with Crippen LogP contribution in [0.15, 0.2) is 79.0 Å². The first-order valence-corrected chi connectivity index (χ1v) is 9.14. The molecule has 0 aliphatic heterocycles. The van der Waals surface area contributed by atoms with E-state index in [4.69, 9.17) is 0 Å². The van der Waals surface area contributed by atoms with Crippen molar-refractivity contribution in [1.82, 2.24) is 4.57 Å². The number of anilines is 1. The maximum atomic E-state index is 11.1. The average Bonchev–Trinajstić information content (AvgIpc) is 3.06. The molecule has 5 nitrogen and oxygen atoms in total. The summed E-state index contributed by atoms with van der Waals surface area (Å²) in [4.78, 5) is 10.7. The fourth-order valence-corrected chi connectivity index (χ4v) is 3.79. The van der Waals surface area contributed by atoms with Gasteiger partial charge in [-0.3, -0.25) is 10.1 Å². The number of hydrogen-bond donors (Lipinski definition) is 1. The molecule has 5 heteroatoms. The van der Waals surface area contributed by atoms with Gasteiger partial charge in [0.15, 0.2) is 0 Å². The molecule has 3 aromatic carbocycles. The molecule has 0 aliphatic rings. The molecule has 4 rings (SSSR count). The molecule has 1 N–H and O–H groups in total. The summed E-state index contributed by atoms with van der Waals surface area (Å²) in [5.74, 6) is -0.0159. The lowest BCUT2D eigenvalue weighted by Gasteiger charge is -2.18. The number of benzene rings is 3. The van der Waals surface area contributed by atoms with E-state index in [1.165, 1.54) is 10.9 Å². The summed E-state index contributed by atoms with van der Waals surface area (Å²) in [6.45, 7) is 0. The van der Waals surface area contributed by atoms with Crippen molar-refractivity contribution in [2.75, 3.05) is 12.4 Å². The largest absolute Gasteiger partial charge is 0.388 e. The van der Waals surface area contributed by atoms with Gasteiger partial charge in [0.1, 0.15) is 0 Å². The van der Waals surface area contributed by atoms with E-state index in [2.05, 4.69) is 52.5 Å². The van der Waals surface area contributed by atoms with Crippen molar-refractivity contribution in [3.05, 3.63) is 106 Å². The molecular formula is C23H21N3O2. The Balaban J connectivity index is 1.91. The summed E-state index contributed by atoms with van der Waals surface area (Å²) in [6.07, 6.45) is 2.16. The van der Waals surface area contributed by atoms with E-state index in [9.17, 15) is 10.1 Å². The zero-order valence-corrected chi connectivity index (χ0v) is 15.8. The second-order valence-corrected chi connectivity index (χ2v) is 6.87. The van der Waals surface area contributed by atoms with E-state index in [-0.39, 0.29) is 16.5 Å². The summed E-state index contributed by atoms with van der Waals surface area (Å²) in [6, 6.07) is 23.5. The quantitative estimate of drug-likeness (QED) is 0.382. The van der Waals surface area contributed by atoms with Crippen LogP contribution >= 0.6 is 0 Å². The standard InChI is InChI=1S/C23H21N3O2/c1-24-18-11-7-16(8-12-18)23(17-9-13-19(14-10-17)26(27)28)21-15-25(2)22-6-4-3-5-20(21)22/h3-15,23-24H,1-2H3. The molecule has 0 saturated heterocycles. The number of para-hydroxylation sites is 1. The van der Waals surface area contributed by atoms with Gasteiger partial charge in [-0.1, -0.05) is 42.5 Å². The Morgan fingerprint density at radius 3 is 2.14 bits per heavy atom. The Bertz CT molecular complexity index is 1130. The highest BCUT2D eigenvalue weighted by molar-refractivity contribution is 5.85. The third-order valence-corrected chi connectivity index (χ3v) is 5.21. The molecular weight excluding hydrogens is 350 g/mol. The Kier molecular flexibility index (Phi) is 4.57. The van der Waals surface area contributed by atoms with Gasteiger partial charge in [-0.2, -0.15) is 0 Å². The minimum Gasteiger partial charge on any atom is -0.388 e. The summed E-state index contributed by atoms with van der Waals surface area (Å²) in [5.41, 5.74) is 5.67. The average molecular weight is 371 g/mol. The van der Waals surface area contributed by atoms with Crippen molar-refractivity contribution in [3.8, 4) is 0 Å². The fourth-order valence-electron chi connectivity index (χ4n) is 3.79. The van der Waals surface area contributed by atoms with Gasteiger partial charge in [-0.05, 0) is 34.9 Å². The number of nitro groups is 1. The van der Waals surface area contributed by atoms with Crippen LogP contribution in [0.1, 0.15) is 22.6 Å². The zero-order chi connectivity index (χ0) is 19.7. The van der Waals surface area contributed by atoms with E-state index in [1.807, 2.05) is 38.4 Å². The van der Waals surface area contributed by atoms with E-state index in [0.29, 0.717) is 0 Å². The summed E-state index contributed by atoms with van der Waals surface area (Å²) < 4.78 is 2.13. The second kappa shape index (κ2) is 7.19. The number of rotatable bonds is 5. The van der Waals surface area contributed by atoms with Crippen LogP contribution in [0.5, 0.6) is 0 Å². The molecule has 1 atom stereocenters. The molecule has 1 aromatic heterocycles. The van der Waals surface area contributed by atoms with Crippen LogP contribution in [0.3, 0.4) is 0 Å². The number of nitro benzene ring substituents is 1. The number of nitrogens with one attached hydrogen (secondary N) is 1. The minimum absolute atomic E-state index is 0.0159. The molecule has 0 fully saturated rings. The smallest absolute Gasteiger partial charge is 0.269 e. The van der Waals surface area contributed by atoms with Crippen LogP contribution in [0.2, 0.25) is 0 Å². The van der Waals surface area contributed by atoms with E-state index in [0.717, 1.165) is 22.3 Å². The van der Waals surface area contributed by atoms with E-state index < -0.39 is 0 Å². The molecule has 0 spiro atoms. The number of non-ortho nitro benzene ring substituents is 1. The van der Waals surface area contributed by atoms with Gasteiger partial charge >= 0.3 is 0 Å². The lowest BCUT2D eigenvalue weighted by atomic mass is 9.85. The summed E-state index contributed by atoms with van der Waals surface area (Å²) >= 11 is 0. The number of hydrogen-bond acceptors (Lipinski definition) is 3. The summed E-state index contributed by atoms with van der Waals surface area (Å²) in [7, 11) is 3.94. The summed E-state index contributed by atoms with van der Waals surface area (Å²) in [5, 5.41) is 15.4. The maximum Gasteiger partial charge on any atom is 0.269 e. The molecule has 4 aromatic rings. The predicted molar refractivity (Wildman–Crippen MR) is 113 cm³/mol. The third-order valence-electron chi connectivity index (χ3n) is 5.21. The first-order chi connectivity index (χ1) is 13.6. The van der Waals surface area contributed by atoms with Crippen molar-refractivity contribution in [3.63, 3.8) is 0 Å². The third kappa shape index (κ3) is 3.11. The minimum atomic E-state index is -0.363. The van der Waals surface area contributed by atoms with Crippen LogP contribution < -0.4 is 5.32 Å². The Labute approximate surface area is 163 Å². The number of fused-ring (bicyclic) bond motifs is 1. The molecule has 140 valence electrons. The first-order valence-electron chi connectivity index (χ1n) is 9.14. The van der Waals surface area contributed by atoms with Crippen LogP contribution in [-0.4, -0.2) is 16.5 Å².